The molecule has 0 spiro atoms. The van der Waals surface area contributed by atoms with Crippen molar-refractivity contribution in [3.05, 3.63) is 0 Å². The number of rotatable bonds is 17. The number of ether oxygens (including phenoxy) is 1. The van der Waals surface area contributed by atoms with Crippen LogP contribution in [-0.2, 0) is 19.6 Å². The first-order valence-electron chi connectivity index (χ1n) is 10.1. The van der Waals surface area contributed by atoms with E-state index < -0.39 is 16.0 Å². The zero-order chi connectivity index (χ0) is 21.0. The fourth-order valence-corrected chi connectivity index (χ4v) is 3.71. The zero-order valence-electron chi connectivity index (χ0n) is 17.8. The molecule has 162 valence electrons. The van der Waals surface area contributed by atoms with Gasteiger partial charge in [0.15, 0.2) is 0 Å². The Kier molecular flexibility index (Phi) is 12.4. The van der Waals surface area contributed by atoms with E-state index in [0.717, 1.165) is 64.6 Å². The van der Waals surface area contributed by atoms with Crippen LogP contribution in [0.2, 0.25) is 0 Å². The molecule has 0 aromatic rings. The summed E-state index contributed by atoms with van der Waals surface area (Å²) in [7, 11) is -3.35. The highest BCUT2D eigenvalue weighted by Gasteiger charge is 2.19. The molecule has 0 heterocycles. The molecule has 0 atom stereocenters. The summed E-state index contributed by atoms with van der Waals surface area (Å²) >= 11 is 0. The summed E-state index contributed by atoms with van der Waals surface area (Å²) in [6.45, 7) is 10.1. The first kappa shape index (κ1) is 26.3. The average Bonchev–Trinajstić information content (AvgIpc) is 2.50. The minimum Gasteiger partial charge on any atom is -0.481 e. The summed E-state index contributed by atoms with van der Waals surface area (Å²) < 4.78 is 27.7. The number of unbranched alkanes of at least 4 members (excludes halogenated alkanes) is 2. The van der Waals surface area contributed by atoms with Crippen molar-refractivity contribution in [1.82, 2.24) is 0 Å². The van der Waals surface area contributed by atoms with Crippen LogP contribution in [0.15, 0.2) is 0 Å². The molecule has 0 rings (SSSR count). The molecule has 0 radical (unpaired) electrons. The normalized spacial score (nSPS) is 13.1. The maximum absolute atomic E-state index is 11.0. The molecule has 0 bridgehead atoms. The largest absolute Gasteiger partial charge is 0.481 e. The Morgan fingerprint density at radius 1 is 0.852 bits per heavy atom. The van der Waals surface area contributed by atoms with Crippen LogP contribution in [0.25, 0.3) is 0 Å². The summed E-state index contributed by atoms with van der Waals surface area (Å²) in [5, 5.41) is 13.8. The summed E-state index contributed by atoms with van der Waals surface area (Å²) in [5.74, 6) is -0.661. The highest BCUT2D eigenvalue weighted by molar-refractivity contribution is 7.89. The Balaban J connectivity index is 3.62. The third-order valence-corrected chi connectivity index (χ3v) is 5.94. The van der Waals surface area contributed by atoms with Gasteiger partial charge in [0.05, 0.1) is 5.75 Å². The van der Waals surface area contributed by atoms with E-state index in [4.69, 9.17) is 15.0 Å². The summed E-state index contributed by atoms with van der Waals surface area (Å²) in [6, 6.07) is 0. The summed E-state index contributed by atoms with van der Waals surface area (Å²) in [6.07, 6.45) is 8.67. The van der Waals surface area contributed by atoms with E-state index in [0.29, 0.717) is 6.42 Å². The van der Waals surface area contributed by atoms with Gasteiger partial charge in [0.25, 0.3) is 0 Å². The molecule has 7 heteroatoms. The van der Waals surface area contributed by atoms with Crippen LogP contribution in [0.1, 0.15) is 91.9 Å². The first-order valence-corrected chi connectivity index (χ1v) is 11.8. The van der Waals surface area contributed by atoms with Crippen molar-refractivity contribution in [3.63, 3.8) is 0 Å². The summed E-state index contributed by atoms with van der Waals surface area (Å²) in [4.78, 5) is 10.7. The van der Waals surface area contributed by atoms with E-state index in [-0.39, 0.29) is 23.0 Å². The topological polar surface area (TPSA) is 107 Å². The SMILES string of the molecule is CC(C)(CCCCOCCCCC(C)(C)CCC(=O)O)CCCS(N)(=O)=O. The molecule has 0 aromatic heterocycles. The minimum atomic E-state index is -3.35. The fraction of sp³-hybridized carbons (Fsp3) is 0.950. The van der Waals surface area contributed by atoms with E-state index in [9.17, 15) is 13.2 Å². The van der Waals surface area contributed by atoms with Crippen LogP contribution in [0.5, 0.6) is 0 Å². The highest BCUT2D eigenvalue weighted by atomic mass is 32.2. The van der Waals surface area contributed by atoms with Gasteiger partial charge >= 0.3 is 5.97 Å². The van der Waals surface area contributed by atoms with Gasteiger partial charge < -0.3 is 9.84 Å². The lowest BCUT2D eigenvalue weighted by Gasteiger charge is -2.24. The number of primary sulfonamides is 1. The molecule has 0 saturated heterocycles. The summed E-state index contributed by atoms with van der Waals surface area (Å²) in [5.41, 5.74) is 0.208. The van der Waals surface area contributed by atoms with Crippen molar-refractivity contribution in [2.75, 3.05) is 19.0 Å². The Labute approximate surface area is 166 Å². The average molecular weight is 408 g/mol. The number of carboxylic acids is 1. The molecule has 0 unspecified atom stereocenters. The molecule has 3 N–H and O–H groups in total. The second-order valence-electron chi connectivity index (χ2n) is 9.22. The number of hydrogen-bond acceptors (Lipinski definition) is 4. The lowest BCUT2D eigenvalue weighted by Crippen LogP contribution is -2.19. The van der Waals surface area contributed by atoms with Gasteiger partial charge in [-0.1, -0.05) is 40.5 Å². The minimum absolute atomic E-state index is 0.0622. The van der Waals surface area contributed by atoms with E-state index in [1.165, 1.54) is 0 Å². The smallest absolute Gasteiger partial charge is 0.303 e. The number of aliphatic carboxylic acids is 1. The van der Waals surface area contributed by atoms with Crippen LogP contribution in [0.3, 0.4) is 0 Å². The molecule has 0 aliphatic rings. The van der Waals surface area contributed by atoms with Gasteiger partial charge in [0, 0.05) is 19.6 Å². The molecule has 0 amide bonds. The maximum Gasteiger partial charge on any atom is 0.303 e. The molecule has 0 saturated carbocycles. The Hall–Kier alpha value is -0.660. The molecule has 6 nitrogen and oxygen atoms in total. The highest BCUT2D eigenvalue weighted by Crippen LogP contribution is 2.30. The zero-order valence-corrected chi connectivity index (χ0v) is 18.6. The van der Waals surface area contributed by atoms with E-state index in [2.05, 4.69) is 27.7 Å². The number of carboxylic acid groups (broad SMARTS) is 1. The van der Waals surface area contributed by atoms with Gasteiger partial charge in [-0.3, -0.25) is 4.79 Å². The molecule has 0 aromatic carbocycles. The molecular weight excluding hydrogens is 366 g/mol. The van der Waals surface area contributed by atoms with Gasteiger partial charge in [0.2, 0.25) is 10.0 Å². The second kappa shape index (κ2) is 12.7. The van der Waals surface area contributed by atoms with Crippen molar-refractivity contribution >= 4 is 16.0 Å². The standard InChI is InChI=1S/C20H41NO5S/c1-19(2,13-9-17-27(21,24)25)11-5-7-15-26-16-8-6-12-20(3,4)14-10-18(22)23/h5-17H2,1-4H3,(H,22,23)(H2,21,24,25). The van der Waals surface area contributed by atoms with Gasteiger partial charge in [-0.15, -0.1) is 0 Å². The Bertz CT molecular complexity index is 514. The van der Waals surface area contributed by atoms with E-state index >= 15 is 0 Å². The predicted octanol–water partition coefficient (Wildman–Crippen LogP) is 4.33. The Morgan fingerprint density at radius 3 is 1.74 bits per heavy atom. The first-order chi connectivity index (χ1) is 12.3. The van der Waals surface area contributed by atoms with Crippen LogP contribution < -0.4 is 5.14 Å². The second-order valence-corrected chi connectivity index (χ2v) is 11.0. The maximum atomic E-state index is 11.0. The number of carbonyl (C=O) groups is 1. The van der Waals surface area contributed by atoms with Crippen molar-refractivity contribution < 1.29 is 23.1 Å². The van der Waals surface area contributed by atoms with Gasteiger partial charge in [-0.05, 0) is 55.8 Å². The van der Waals surface area contributed by atoms with Crippen LogP contribution in [-0.4, -0.2) is 38.5 Å². The quantitative estimate of drug-likeness (QED) is 0.349. The van der Waals surface area contributed by atoms with Crippen molar-refractivity contribution in [2.45, 2.75) is 91.9 Å². The van der Waals surface area contributed by atoms with Gasteiger partial charge in [-0.2, -0.15) is 0 Å². The number of hydrogen-bond donors (Lipinski definition) is 2. The van der Waals surface area contributed by atoms with Crippen molar-refractivity contribution in [3.8, 4) is 0 Å². The molecular formula is C20H41NO5S. The van der Waals surface area contributed by atoms with Crippen molar-refractivity contribution in [1.29, 1.82) is 0 Å². The van der Waals surface area contributed by atoms with E-state index in [1.54, 1.807) is 0 Å². The predicted molar refractivity (Wildman–Crippen MR) is 110 cm³/mol. The third-order valence-electron chi connectivity index (χ3n) is 5.08. The van der Waals surface area contributed by atoms with Gasteiger partial charge in [-0.25, -0.2) is 13.6 Å². The van der Waals surface area contributed by atoms with Crippen molar-refractivity contribution in [2.24, 2.45) is 16.0 Å². The molecule has 0 aliphatic heterocycles. The van der Waals surface area contributed by atoms with Crippen LogP contribution >= 0.6 is 0 Å². The molecule has 27 heavy (non-hydrogen) atoms. The fourth-order valence-electron chi connectivity index (χ4n) is 3.16. The lowest BCUT2D eigenvalue weighted by atomic mass is 9.83. The van der Waals surface area contributed by atoms with Crippen LogP contribution in [0.4, 0.5) is 0 Å². The third kappa shape index (κ3) is 18.5. The van der Waals surface area contributed by atoms with Crippen LogP contribution in [0, 0.1) is 10.8 Å². The monoisotopic (exact) mass is 407 g/mol. The van der Waals surface area contributed by atoms with E-state index in [1.807, 2.05) is 0 Å². The lowest BCUT2D eigenvalue weighted by molar-refractivity contribution is -0.137. The molecule has 0 fully saturated rings. The number of sulfonamides is 1. The molecule has 0 aliphatic carbocycles. The van der Waals surface area contributed by atoms with Gasteiger partial charge in [0.1, 0.15) is 0 Å². The Morgan fingerprint density at radius 2 is 1.30 bits per heavy atom. The number of nitrogens with two attached hydrogens (primary N) is 1.